The molecule has 1 fully saturated rings. The number of hydrogen-bond donors (Lipinski definition) is 2. The average Bonchev–Trinajstić information content (AvgIpc) is 3.71. The second-order valence-corrected chi connectivity index (χ2v) is 22.3. The van der Waals surface area contributed by atoms with Crippen LogP contribution >= 0.6 is 0 Å². The van der Waals surface area contributed by atoms with Crippen LogP contribution in [-0.4, -0.2) is 65.5 Å². The number of fused-ring (bicyclic) bond motifs is 5. The number of nitrogens with zero attached hydrogens (tertiary/aromatic N) is 4. The first kappa shape index (κ1) is 41.1. The van der Waals surface area contributed by atoms with Crippen molar-refractivity contribution in [1.82, 2.24) is 4.90 Å². The summed E-state index contributed by atoms with van der Waals surface area (Å²) in [6, 6.07) is 36.7. The quantitative estimate of drug-likeness (QED) is 0.154. The van der Waals surface area contributed by atoms with Crippen LogP contribution in [0.4, 0.5) is 28.4 Å². The standard InChI is InChI=1S/C51H52N4O7Si/c1-32-49(63(2,3)61)45(28-48(59)52-30-37-13-5-4-12-36(37)26-40(52)31-56)62-51(32)41-27-39(55-43-15-9-7-11-35(43)19-25-47(55)58)22-23-44(41)53(50(51)60)29-33-16-20-38(21-17-33)54-42-14-8-6-10-34(42)18-24-46(54)57/h4-17,20-23,27,32,40,45,49,56,61H,18-19,24-26,28-31H2,1-3H3/t32-,40+,45+,49-,51+/m1/s1. The maximum atomic E-state index is 15.6. The van der Waals surface area contributed by atoms with Gasteiger partial charge in [-0.1, -0.05) is 79.7 Å². The average molecular weight is 861 g/mol. The van der Waals surface area contributed by atoms with Crippen LogP contribution in [0.15, 0.2) is 115 Å². The van der Waals surface area contributed by atoms with E-state index in [0.717, 1.165) is 44.9 Å². The maximum Gasteiger partial charge on any atom is 0.264 e. The zero-order chi connectivity index (χ0) is 43.8. The molecule has 5 aliphatic heterocycles. The number of para-hydroxylation sites is 2. The lowest BCUT2D eigenvalue weighted by molar-refractivity contribution is -0.151. The molecule has 5 aliphatic rings. The molecular weight excluding hydrogens is 809 g/mol. The van der Waals surface area contributed by atoms with E-state index in [1.165, 1.54) is 0 Å². The zero-order valence-electron chi connectivity index (χ0n) is 35.9. The van der Waals surface area contributed by atoms with Crippen LogP contribution in [-0.2, 0) is 61.9 Å². The smallest absolute Gasteiger partial charge is 0.264 e. The minimum Gasteiger partial charge on any atom is -0.432 e. The van der Waals surface area contributed by atoms with Crippen LogP contribution in [0.1, 0.15) is 59.6 Å². The second-order valence-electron chi connectivity index (χ2n) is 18.4. The van der Waals surface area contributed by atoms with Gasteiger partial charge in [0.2, 0.25) is 17.7 Å². The molecular formula is C51H52N4O7Si. The highest BCUT2D eigenvalue weighted by Crippen LogP contribution is 2.60. The molecule has 0 unspecified atom stereocenters. The normalized spacial score (nSPS) is 24.1. The van der Waals surface area contributed by atoms with Crippen molar-refractivity contribution in [2.75, 3.05) is 21.3 Å². The molecule has 5 atom stereocenters. The first-order valence-corrected chi connectivity index (χ1v) is 25.1. The molecule has 5 heterocycles. The van der Waals surface area contributed by atoms with Gasteiger partial charge in [0.15, 0.2) is 13.9 Å². The summed E-state index contributed by atoms with van der Waals surface area (Å²) >= 11 is 0. The minimum absolute atomic E-state index is 0.0277. The van der Waals surface area contributed by atoms with Crippen LogP contribution in [0.5, 0.6) is 0 Å². The molecule has 11 nitrogen and oxygen atoms in total. The molecule has 0 aliphatic carbocycles. The number of carbonyl (C=O) groups is 4. The fourth-order valence-corrected chi connectivity index (χ4v) is 13.8. The van der Waals surface area contributed by atoms with E-state index >= 15 is 4.79 Å². The SMILES string of the molecule is C[C@@H]1[C@@H]([Si](C)(C)O)[C@H](CC(=O)N2Cc3ccccc3C[C@H]2CO)O[C@@]12C(=O)N(Cc1ccc(N3C(=O)CCc4ccccc43)cc1)c1ccc(N3C(=O)CCc4ccccc43)cc12. The number of aliphatic hydroxyl groups is 1. The topological polar surface area (TPSA) is 131 Å². The molecule has 0 bridgehead atoms. The zero-order valence-corrected chi connectivity index (χ0v) is 36.9. The highest BCUT2D eigenvalue weighted by atomic mass is 28.4. The van der Waals surface area contributed by atoms with Gasteiger partial charge in [-0.3, -0.25) is 29.0 Å². The van der Waals surface area contributed by atoms with Crippen molar-refractivity contribution in [3.8, 4) is 0 Å². The molecule has 1 saturated heterocycles. The Morgan fingerprint density at radius 1 is 0.730 bits per heavy atom. The van der Waals surface area contributed by atoms with Gasteiger partial charge >= 0.3 is 0 Å². The fourth-order valence-electron chi connectivity index (χ4n) is 11.2. The molecule has 5 aromatic rings. The van der Waals surface area contributed by atoms with Gasteiger partial charge < -0.3 is 24.4 Å². The van der Waals surface area contributed by atoms with Gasteiger partial charge in [0.05, 0.1) is 48.8 Å². The van der Waals surface area contributed by atoms with E-state index in [2.05, 4.69) is 6.07 Å². The first-order valence-electron chi connectivity index (χ1n) is 22.1. The van der Waals surface area contributed by atoms with Gasteiger partial charge in [0.25, 0.3) is 5.91 Å². The van der Waals surface area contributed by atoms with E-state index in [9.17, 15) is 24.3 Å². The molecule has 0 radical (unpaired) electrons. The number of anilines is 5. The van der Waals surface area contributed by atoms with Gasteiger partial charge in [0.1, 0.15) is 0 Å². The molecule has 2 N–H and O–H groups in total. The number of rotatable bonds is 8. The van der Waals surface area contributed by atoms with Gasteiger partial charge in [-0.05, 0) is 103 Å². The van der Waals surface area contributed by atoms with Crippen LogP contribution in [0.2, 0.25) is 18.6 Å². The van der Waals surface area contributed by atoms with E-state index in [0.29, 0.717) is 55.6 Å². The van der Waals surface area contributed by atoms with Crippen molar-refractivity contribution in [3.63, 3.8) is 0 Å². The molecule has 5 aromatic carbocycles. The molecule has 0 aromatic heterocycles. The number of benzene rings is 5. The highest BCUT2D eigenvalue weighted by molar-refractivity contribution is 6.71. The molecule has 322 valence electrons. The number of amides is 4. The van der Waals surface area contributed by atoms with Crippen molar-refractivity contribution in [2.45, 2.75) is 94.9 Å². The summed E-state index contributed by atoms with van der Waals surface area (Å²) in [5.41, 5.74) is 7.30. The fraction of sp³-hybridized carbons (Fsp3) is 0.333. The Morgan fingerprint density at radius 2 is 1.30 bits per heavy atom. The summed E-state index contributed by atoms with van der Waals surface area (Å²) in [5, 5.41) is 10.5. The maximum absolute atomic E-state index is 15.6. The largest absolute Gasteiger partial charge is 0.432 e. The predicted molar refractivity (Wildman–Crippen MR) is 243 cm³/mol. The van der Waals surface area contributed by atoms with E-state index in [1.807, 2.05) is 129 Å². The van der Waals surface area contributed by atoms with E-state index < -0.39 is 37.5 Å². The van der Waals surface area contributed by atoms with Gasteiger partial charge in [-0.15, -0.1) is 0 Å². The van der Waals surface area contributed by atoms with E-state index in [1.54, 1.807) is 19.6 Å². The lowest BCUT2D eigenvalue weighted by Gasteiger charge is -2.37. The molecule has 1 spiro atoms. The van der Waals surface area contributed by atoms with E-state index in [4.69, 9.17) is 4.74 Å². The minimum atomic E-state index is -3.16. The number of aliphatic hydroxyl groups excluding tert-OH is 1. The first-order chi connectivity index (χ1) is 30.4. The molecule has 4 amide bonds. The van der Waals surface area contributed by atoms with Gasteiger partial charge in [-0.2, -0.15) is 0 Å². The number of ether oxygens (including phenoxy) is 1. The second kappa shape index (κ2) is 15.7. The Kier molecular flexibility index (Phi) is 10.2. The number of aryl methyl sites for hydroxylation is 2. The lowest BCUT2D eigenvalue weighted by Crippen LogP contribution is -2.48. The number of hydrogen-bond acceptors (Lipinski definition) is 7. The third kappa shape index (κ3) is 6.82. The van der Waals surface area contributed by atoms with Gasteiger partial charge in [-0.25, -0.2) is 0 Å². The summed E-state index contributed by atoms with van der Waals surface area (Å²) in [5.74, 6) is -1.08. The summed E-state index contributed by atoms with van der Waals surface area (Å²) in [6.07, 6.45) is 1.74. The summed E-state index contributed by atoms with van der Waals surface area (Å²) in [4.78, 5) is 76.1. The van der Waals surface area contributed by atoms with Crippen LogP contribution < -0.4 is 14.7 Å². The molecule has 63 heavy (non-hydrogen) atoms. The Bertz CT molecular complexity index is 2660. The van der Waals surface area contributed by atoms with Crippen molar-refractivity contribution in [1.29, 1.82) is 0 Å². The third-order valence-electron chi connectivity index (χ3n) is 14.2. The molecule has 0 saturated carbocycles. The predicted octanol–water partition coefficient (Wildman–Crippen LogP) is 7.59. The summed E-state index contributed by atoms with van der Waals surface area (Å²) in [6.45, 7) is 5.98. The Morgan fingerprint density at radius 3 is 1.92 bits per heavy atom. The van der Waals surface area contributed by atoms with Crippen LogP contribution in [0.25, 0.3) is 0 Å². The van der Waals surface area contributed by atoms with Crippen molar-refractivity contribution in [3.05, 3.63) is 149 Å². The van der Waals surface area contributed by atoms with Crippen molar-refractivity contribution < 1.29 is 33.8 Å². The third-order valence-corrected chi connectivity index (χ3v) is 16.7. The highest BCUT2D eigenvalue weighted by Gasteiger charge is 2.66. The van der Waals surface area contributed by atoms with Crippen LogP contribution in [0.3, 0.4) is 0 Å². The van der Waals surface area contributed by atoms with Crippen molar-refractivity contribution in [2.24, 2.45) is 5.92 Å². The molecule has 12 heteroatoms. The van der Waals surface area contributed by atoms with E-state index in [-0.39, 0.29) is 43.2 Å². The Hall–Kier alpha value is -5.92. The lowest BCUT2D eigenvalue weighted by atomic mass is 9.82. The van der Waals surface area contributed by atoms with Crippen LogP contribution in [0, 0.1) is 5.92 Å². The molecule has 10 rings (SSSR count). The summed E-state index contributed by atoms with van der Waals surface area (Å²) < 4.78 is 7.18. The summed E-state index contributed by atoms with van der Waals surface area (Å²) in [7, 11) is -3.16. The van der Waals surface area contributed by atoms with Gasteiger partial charge in [0, 0.05) is 47.8 Å². The monoisotopic (exact) mass is 860 g/mol. The van der Waals surface area contributed by atoms with Crippen molar-refractivity contribution >= 4 is 60.4 Å². The number of carbonyl (C=O) groups excluding carboxylic acids is 4. The Labute approximate surface area is 368 Å². The Balaban J connectivity index is 1.03.